The minimum atomic E-state index is -0.145. The molecule has 0 bridgehead atoms. The lowest BCUT2D eigenvalue weighted by Crippen LogP contribution is -2.29. The van der Waals surface area contributed by atoms with Crippen molar-refractivity contribution < 1.29 is 4.42 Å². The van der Waals surface area contributed by atoms with Gasteiger partial charge >= 0.3 is 0 Å². The van der Waals surface area contributed by atoms with Crippen LogP contribution in [0.2, 0.25) is 0 Å². The highest BCUT2D eigenvalue weighted by Gasteiger charge is 2.41. The van der Waals surface area contributed by atoms with Gasteiger partial charge in [-0.2, -0.15) is 0 Å². The van der Waals surface area contributed by atoms with Gasteiger partial charge in [-0.1, -0.05) is 40.2 Å². The predicted molar refractivity (Wildman–Crippen MR) is 127 cm³/mol. The summed E-state index contributed by atoms with van der Waals surface area (Å²) < 4.78 is 7.39. The molecule has 5 rings (SSSR count). The third-order valence-corrected chi connectivity index (χ3v) is 6.18. The van der Waals surface area contributed by atoms with E-state index in [9.17, 15) is 0 Å². The topological polar surface area (TPSA) is 54.2 Å². The number of thiocarbonyl (C=S) groups is 1. The molecule has 1 aliphatic heterocycles. The summed E-state index contributed by atoms with van der Waals surface area (Å²) in [5, 5.41) is 4.11. The first-order valence-electron chi connectivity index (χ1n) is 9.93. The quantitative estimate of drug-likeness (QED) is 0.363. The molecule has 7 heteroatoms. The molecule has 1 aromatic carbocycles. The second-order valence-electron chi connectivity index (χ2n) is 7.28. The largest absolute Gasteiger partial charge is 0.459 e. The Morgan fingerprint density at radius 2 is 1.71 bits per heavy atom. The van der Waals surface area contributed by atoms with Gasteiger partial charge in [-0.25, -0.2) is 0 Å². The fourth-order valence-electron chi connectivity index (χ4n) is 3.83. The standard InChI is InChI=1S/C24H19BrN4OS/c25-17-9-7-16(8-10-17)20-11-12-21(30-20)23-22(19-6-2-4-14-27-19)28-24(31)29(23)15-18-5-1-3-13-26-18/h1-14,22-23H,15H2,(H,28,31)/t22-,23+/m0/s1. The number of hydrogen-bond acceptors (Lipinski definition) is 4. The van der Waals surface area contributed by atoms with Crippen molar-refractivity contribution in [2.75, 3.05) is 0 Å². The number of furan rings is 1. The Balaban J connectivity index is 1.53. The average molecular weight is 491 g/mol. The number of halogens is 1. The minimum absolute atomic E-state index is 0.124. The van der Waals surface area contributed by atoms with Gasteiger partial charge in [0, 0.05) is 22.4 Å². The Hall–Kier alpha value is -3.03. The van der Waals surface area contributed by atoms with Crippen LogP contribution >= 0.6 is 28.1 Å². The molecule has 5 nitrogen and oxygen atoms in total. The lowest BCUT2D eigenvalue weighted by Gasteiger charge is -2.25. The van der Waals surface area contributed by atoms with E-state index in [1.165, 1.54) is 0 Å². The Kier molecular flexibility index (Phi) is 5.53. The first kappa shape index (κ1) is 19.9. The zero-order chi connectivity index (χ0) is 21.2. The highest BCUT2D eigenvalue weighted by atomic mass is 79.9. The van der Waals surface area contributed by atoms with Gasteiger partial charge in [-0.15, -0.1) is 0 Å². The summed E-state index contributed by atoms with van der Waals surface area (Å²) in [7, 11) is 0. The number of nitrogens with zero attached hydrogens (tertiary/aromatic N) is 3. The van der Waals surface area contributed by atoms with Crippen LogP contribution in [0.5, 0.6) is 0 Å². The maximum atomic E-state index is 6.36. The zero-order valence-electron chi connectivity index (χ0n) is 16.5. The fourth-order valence-corrected chi connectivity index (χ4v) is 4.40. The van der Waals surface area contributed by atoms with Gasteiger partial charge in [0.2, 0.25) is 0 Å². The Bertz CT molecular complexity index is 1180. The van der Waals surface area contributed by atoms with Crippen LogP contribution in [0.4, 0.5) is 0 Å². The van der Waals surface area contributed by atoms with Crippen LogP contribution in [0, 0.1) is 0 Å². The molecule has 1 fully saturated rings. The molecule has 0 radical (unpaired) electrons. The molecule has 1 aliphatic rings. The molecule has 2 atom stereocenters. The van der Waals surface area contributed by atoms with Crippen LogP contribution in [0.25, 0.3) is 11.3 Å². The lowest BCUT2D eigenvalue weighted by molar-refractivity contribution is 0.267. The Morgan fingerprint density at radius 3 is 2.42 bits per heavy atom. The molecule has 154 valence electrons. The first-order valence-corrected chi connectivity index (χ1v) is 11.1. The monoisotopic (exact) mass is 490 g/mol. The molecule has 31 heavy (non-hydrogen) atoms. The highest BCUT2D eigenvalue weighted by Crippen LogP contribution is 2.41. The molecule has 4 aromatic rings. The van der Waals surface area contributed by atoms with Crippen LogP contribution in [-0.2, 0) is 6.54 Å². The summed E-state index contributed by atoms with van der Waals surface area (Å²) in [6.07, 6.45) is 3.60. The zero-order valence-corrected chi connectivity index (χ0v) is 18.9. The Morgan fingerprint density at radius 1 is 0.935 bits per heavy atom. The Labute approximate surface area is 194 Å². The maximum Gasteiger partial charge on any atom is 0.170 e. The molecular formula is C24H19BrN4OS. The van der Waals surface area contributed by atoms with Crippen LogP contribution in [0.3, 0.4) is 0 Å². The summed E-state index contributed by atoms with van der Waals surface area (Å²) in [6, 6.07) is 23.7. The molecular weight excluding hydrogens is 472 g/mol. The van der Waals surface area contributed by atoms with Crippen LogP contribution in [0.1, 0.15) is 29.2 Å². The van der Waals surface area contributed by atoms with Crippen LogP contribution in [-0.4, -0.2) is 20.0 Å². The summed E-state index contributed by atoms with van der Waals surface area (Å²) in [4.78, 5) is 11.2. The number of aromatic nitrogens is 2. The van der Waals surface area contributed by atoms with Crippen molar-refractivity contribution in [1.29, 1.82) is 0 Å². The molecule has 1 saturated heterocycles. The summed E-state index contributed by atoms with van der Waals surface area (Å²) in [5.74, 6) is 1.65. The minimum Gasteiger partial charge on any atom is -0.459 e. The van der Waals surface area contributed by atoms with E-state index in [1.807, 2.05) is 72.8 Å². The van der Waals surface area contributed by atoms with Crippen molar-refractivity contribution in [2.45, 2.75) is 18.6 Å². The summed E-state index contributed by atoms with van der Waals surface area (Å²) in [5.41, 5.74) is 2.88. The number of rotatable bonds is 5. The van der Waals surface area contributed by atoms with Crippen molar-refractivity contribution in [2.24, 2.45) is 0 Å². The van der Waals surface area contributed by atoms with E-state index in [0.717, 1.165) is 32.9 Å². The van der Waals surface area contributed by atoms with E-state index >= 15 is 0 Å². The van der Waals surface area contributed by atoms with Crippen LogP contribution < -0.4 is 5.32 Å². The normalized spacial score (nSPS) is 18.2. The van der Waals surface area contributed by atoms with Gasteiger partial charge in [0.1, 0.15) is 17.6 Å². The van der Waals surface area contributed by atoms with Crippen LogP contribution in [0.15, 0.2) is 94.1 Å². The van der Waals surface area contributed by atoms with Crippen molar-refractivity contribution in [3.05, 3.63) is 107 Å². The smallest absolute Gasteiger partial charge is 0.170 e. The molecule has 3 aromatic heterocycles. The third-order valence-electron chi connectivity index (χ3n) is 5.30. The van der Waals surface area contributed by atoms with Gasteiger partial charge in [0.05, 0.1) is 24.0 Å². The molecule has 0 spiro atoms. The van der Waals surface area contributed by atoms with Crippen molar-refractivity contribution in [3.8, 4) is 11.3 Å². The second kappa shape index (κ2) is 8.61. The number of nitrogens with one attached hydrogen (secondary N) is 1. The van der Waals surface area contributed by atoms with Gasteiger partial charge in [0.15, 0.2) is 5.11 Å². The average Bonchev–Trinajstić information content (AvgIpc) is 3.41. The molecule has 0 saturated carbocycles. The number of benzene rings is 1. The molecule has 0 aliphatic carbocycles. The van der Waals surface area contributed by atoms with Crippen molar-refractivity contribution in [1.82, 2.24) is 20.2 Å². The van der Waals surface area contributed by atoms with Gasteiger partial charge < -0.3 is 14.6 Å². The fraction of sp³-hybridized carbons (Fsp3) is 0.125. The first-order chi connectivity index (χ1) is 15.2. The van der Waals surface area contributed by atoms with Gasteiger partial charge in [-0.3, -0.25) is 9.97 Å². The highest BCUT2D eigenvalue weighted by molar-refractivity contribution is 9.10. The molecule has 1 N–H and O–H groups in total. The number of hydrogen-bond donors (Lipinski definition) is 1. The van der Waals surface area contributed by atoms with Gasteiger partial charge in [-0.05, 0) is 60.7 Å². The van der Waals surface area contributed by atoms with E-state index < -0.39 is 0 Å². The van der Waals surface area contributed by atoms with Crippen molar-refractivity contribution >= 4 is 33.3 Å². The molecule has 0 amide bonds. The van der Waals surface area contributed by atoms with E-state index in [1.54, 1.807) is 12.4 Å². The SMILES string of the molecule is S=C1N[C@@H](c2ccccn2)[C@@H](c2ccc(-c3ccc(Br)cc3)o2)N1Cc1ccccn1. The predicted octanol–water partition coefficient (Wildman–Crippen LogP) is 5.67. The van der Waals surface area contributed by atoms with Crippen molar-refractivity contribution in [3.63, 3.8) is 0 Å². The van der Waals surface area contributed by atoms with E-state index in [-0.39, 0.29) is 12.1 Å². The number of pyridine rings is 2. The second-order valence-corrected chi connectivity index (χ2v) is 8.59. The maximum absolute atomic E-state index is 6.36. The lowest BCUT2D eigenvalue weighted by atomic mass is 10.0. The molecule has 4 heterocycles. The van der Waals surface area contributed by atoms with E-state index in [0.29, 0.717) is 11.7 Å². The summed E-state index contributed by atoms with van der Waals surface area (Å²) in [6.45, 7) is 0.578. The summed E-state index contributed by atoms with van der Waals surface area (Å²) >= 11 is 9.20. The van der Waals surface area contributed by atoms with Gasteiger partial charge in [0.25, 0.3) is 0 Å². The van der Waals surface area contributed by atoms with E-state index in [2.05, 4.69) is 36.1 Å². The third kappa shape index (κ3) is 4.11. The molecule has 0 unspecified atom stereocenters. The van der Waals surface area contributed by atoms with E-state index in [4.69, 9.17) is 16.6 Å².